The van der Waals surface area contributed by atoms with Crippen molar-refractivity contribution < 1.29 is 4.79 Å². The van der Waals surface area contributed by atoms with Gasteiger partial charge in [0.05, 0.1) is 11.7 Å². The van der Waals surface area contributed by atoms with Crippen molar-refractivity contribution in [2.75, 3.05) is 11.1 Å². The topological polar surface area (TPSA) is 54.0 Å². The summed E-state index contributed by atoms with van der Waals surface area (Å²) in [5.41, 5.74) is 2.00. The van der Waals surface area contributed by atoms with E-state index in [1.807, 2.05) is 48.2 Å². The van der Waals surface area contributed by atoms with Gasteiger partial charge in [-0.1, -0.05) is 30.3 Å². The van der Waals surface area contributed by atoms with Crippen molar-refractivity contribution in [1.29, 1.82) is 0 Å². The van der Waals surface area contributed by atoms with Crippen molar-refractivity contribution in [3.05, 3.63) is 66.5 Å². The first-order valence-corrected chi connectivity index (χ1v) is 8.92. The van der Waals surface area contributed by atoms with Crippen LogP contribution in [0.15, 0.2) is 65.8 Å². The van der Waals surface area contributed by atoms with Crippen LogP contribution in [0.4, 0.5) is 10.5 Å². The van der Waals surface area contributed by atoms with E-state index in [-0.39, 0.29) is 12.1 Å². The van der Waals surface area contributed by atoms with Crippen LogP contribution in [0, 0.1) is 0 Å². The Kier molecular flexibility index (Phi) is 4.09. The number of amides is 2. The van der Waals surface area contributed by atoms with Gasteiger partial charge in [-0.2, -0.15) is 0 Å². The van der Waals surface area contributed by atoms with E-state index in [1.54, 1.807) is 12.4 Å². The zero-order valence-electron chi connectivity index (χ0n) is 13.0. The number of fused-ring (bicyclic) bond motifs is 2. The van der Waals surface area contributed by atoms with E-state index in [2.05, 4.69) is 27.8 Å². The van der Waals surface area contributed by atoms with Crippen LogP contribution in [0.5, 0.6) is 0 Å². The first-order chi connectivity index (χ1) is 11.8. The minimum absolute atomic E-state index is 0.0547. The molecule has 1 aromatic heterocycles. The van der Waals surface area contributed by atoms with Gasteiger partial charge in [0.2, 0.25) is 0 Å². The van der Waals surface area contributed by atoms with Crippen molar-refractivity contribution >= 4 is 34.3 Å². The minimum atomic E-state index is -0.175. The van der Waals surface area contributed by atoms with Crippen LogP contribution in [0.25, 0.3) is 10.8 Å². The number of benzene rings is 2. The molecule has 120 valence electrons. The Hall–Kier alpha value is -2.53. The summed E-state index contributed by atoms with van der Waals surface area (Å²) in [6.45, 7) is 0. The summed E-state index contributed by atoms with van der Waals surface area (Å²) >= 11 is 1.85. The van der Waals surface area contributed by atoms with E-state index >= 15 is 0 Å². The lowest BCUT2D eigenvalue weighted by Gasteiger charge is -2.26. The van der Waals surface area contributed by atoms with E-state index in [9.17, 15) is 4.79 Å². The Morgan fingerprint density at radius 1 is 1.12 bits per heavy atom. The number of nitrogens with zero attached hydrogens (tertiary/aromatic N) is 1. The number of nitrogens with one attached hydrogen (secondary N) is 2. The highest BCUT2D eigenvalue weighted by atomic mass is 32.2. The van der Waals surface area contributed by atoms with Gasteiger partial charge in [0.1, 0.15) is 0 Å². The van der Waals surface area contributed by atoms with E-state index in [4.69, 9.17) is 0 Å². The molecule has 1 aliphatic heterocycles. The third-order valence-electron chi connectivity index (χ3n) is 4.19. The van der Waals surface area contributed by atoms with Gasteiger partial charge in [0, 0.05) is 33.8 Å². The van der Waals surface area contributed by atoms with Gasteiger partial charge in [-0.3, -0.25) is 4.98 Å². The maximum atomic E-state index is 12.5. The smallest absolute Gasteiger partial charge is 0.319 e. The van der Waals surface area contributed by atoms with Gasteiger partial charge in [0.15, 0.2) is 0 Å². The molecule has 0 saturated carbocycles. The molecule has 0 aliphatic carbocycles. The lowest BCUT2D eigenvalue weighted by molar-refractivity contribution is 0.248. The summed E-state index contributed by atoms with van der Waals surface area (Å²) in [6.07, 6.45) is 4.47. The molecular weight excluding hydrogens is 318 g/mol. The van der Waals surface area contributed by atoms with E-state index in [0.29, 0.717) is 0 Å². The highest BCUT2D eigenvalue weighted by molar-refractivity contribution is 7.99. The second kappa shape index (κ2) is 6.53. The molecule has 1 atom stereocenters. The molecule has 0 saturated heterocycles. The summed E-state index contributed by atoms with van der Waals surface area (Å²) in [5, 5.41) is 8.08. The van der Waals surface area contributed by atoms with Crippen LogP contribution in [-0.4, -0.2) is 16.8 Å². The van der Waals surface area contributed by atoms with Crippen molar-refractivity contribution in [3.8, 4) is 0 Å². The summed E-state index contributed by atoms with van der Waals surface area (Å²) in [7, 11) is 0. The lowest BCUT2D eigenvalue weighted by Crippen LogP contribution is -2.34. The quantitative estimate of drug-likeness (QED) is 0.720. The van der Waals surface area contributed by atoms with Gasteiger partial charge in [-0.15, -0.1) is 11.8 Å². The fraction of sp³-hybridized carbons (Fsp3) is 0.158. The molecule has 4 nitrogen and oxygen atoms in total. The molecule has 5 heteroatoms. The molecule has 0 unspecified atom stereocenters. The molecule has 2 heterocycles. The molecule has 24 heavy (non-hydrogen) atoms. The third-order valence-corrected chi connectivity index (χ3v) is 5.32. The molecule has 0 radical (unpaired) electrons. The van der Waals surface area contributed by atoms with Gasteiger partial charge in [-0.25, -0.2) is 4.79 Å². The first kappa shape index (κ1) is 15.0. The largest absolute Gasteiger partial charge is 0.331 e. The third kappa shape index (κ3) is 2.95. The Balaban J connectivity index is 1.53. The van der Waals surface area contributed by atoms with Gasteiger partial charge in [-0.05, 0) is 30.2 Å². The molecule has 4 rings (SSSR count). The second-order valence-corrected chi connectivity index (χ2v) is 6.87. The lowest BCUT2D eigenvalue weighted by atomic mass is 10.0. The van der Waals surface area contributed by atoms with Crippen LogP contribution >= 0.6 is 11.8 Å². The Bertz CT molecular complexity index is 891. The molecule has 0 fully saturated rings. The molecule has 3 aromatic rings. The summed E-state index contributed by atoms with van der Waals surface area (Å²) < 4.78 is 0. The average molecular weight is 335 g/mol. The number of carbonyl (C=O) groups excluding carboxylic acids is 1. The standard InChI is InChI=1S/C19H17N3OS/c23-19(21-16-6-3-4-13-12-20-10-8-14(13)16)22-17-9-11-24-18-7-2-1-5-15(17)18/h1-8,10,12,17H,9,11H2,(H2,21,22,23)/t17-/m1/s1. The molecule has 1 aliphatic rings. The minimum Gasteiger partial charge on any atom is -0.331 e. The van der Waals surface area contributed by atoms with Crippen molar-refractivity contribution in [3.63, 3.8) is 0 Å². The zero-order valence-corrected chi connectivity index (χ0v) is 13.8. The summed E-state index contributed by atoms with van der Waals surface area (Å²) in [6, 6.07) is 15.9. The number of urea groups is 1. The Labute approximate surface area is 144 Å². The van der Waals surface area contributed by atoms with Crippen LogP contribution < -0.4 is 10.6 Å². The van der Waals surface area contributed by atoms with Crippen molar-refractivity contribution in [1.82, 2.24) is 10.3 Å². The molecular formula is C19H17N3OS. The summed E-state index contributed by atoms with van der Waals surface area (Å²) in [4.78, 5) is 17.9. The predicted molar refractivity (Wildman–Crippen MR) is 98.4 cm³/mol. The van der Waals surface area contributed by atoms with Crippen LogP contribution in [0.2, 0.25) is 0 Å². The number of rotatable bonds is 2. The second-order valence-electron chi connectivity index (χ2n) is 5.73. The molecule has 2 N–H and O–H groups in total. The van der Waals surface area contributed by atoms with Crippen molar-refractivity contribution in [2.45, 2.75) is 17.4 Å². The average Bonchev–Trinajstić information content (AvgIpc) is 2.62. The Morgan fingerprint density at radius 3 is 3.00 bits per heavy atom. The maximum Gasteiger partial charge on any atom is 0.319 e. The molecule has 0 bridgehead atoms. The fourth-order valence-electron chi connectivity index (χ4n) is 3.04. The number of thioether (sulfide) groups is 1. The van der Waals surface area contributed by atoms with E-state index in [1.165, 1.54) is 10.5 Å². The normalized spacial score (nSPS) is 16.4. The molecule has 2 amide bonds. The number of pyridine rings is 1. The number of hydrogen-bond acceptors (Lipinski definition) is 3. The monoisotopic (exact) mass is 335 g/mol. The fourth-order valence-corrected chi connectivity index (χ4v) is 4.17. The number of aromatic nitrogens is 1. The number of carbonyl (C=O) groups is 1. The Morgan fingerprint density at radius 2 is 2.04 bits per heavy atom. The van der Waals surface area contributed by atoms with Crippen LogP contribution in [0.3, 0.4) is 0 Å². The van der Waals surface area contributed by atoms with E-state index < -0.39 is 0 Å². The van der Waals surface area contributed by atoms with Gasteiger partial charge >= 0.3 is 6.03 Å². The van der Waals surface area contributed by atoms with Crippen LogP contribution in [-0.2, 0) is 0 Å². The summed E-state index contributed by atoms with van der Waals surface area (Å²) in [5.74, 6) is 1.02. The van der Waals surface area contributed by atoms with Crippen molar-refractivity contribution in [2.24, 2.45) is 0 Å². The zero-order chi connectivity index (χ0) is 16.4. The van der Waals surface area contributed by atoms with Gasteiger partial charge < -0.3 is 10.6 Å². The number of anilines is 1. The number of hydrogen-bond donors (Lipinski definition) is 2. The SMILES string of the molecule is O=C(Nc1cccc2cnccc12)N[C@@H]1CCSc2ccccc21. The molecule has 2 aromatic carbocycles. The predicted octanol–water partition coefficient (Wildman–Crippen LogP) is 4.59. The van der Waals surface area contributed by atoms with Gasteiger partial charge in [0.25, 0.3) is 0 Å². The maximum absolute atomic E-state index is 12.5. The van der Waals surface area contributed by atoms with Crippen LogP contribution in [0.1, 0.15) is 18.0 Å². The highest BCUT2D eigenvalue weighted by Gasteiger charge is 2.22. The van der Waals surface area contributed by atoms with E-state index in [0.717, 1.165) is 28.6 Å². The highest BCUT2D eigenvalue weighted by Crippen LogP contribution is 2.35. The first-order valence-electron chi connectivity index (χ1n) is 7.93. The molecule has 0 spiro atoms.